The van der Waals surface area contributed by atoms with Crippen LogP contribution in [0.3, 0.4) is 0 Å². The Morgan fingerprint density at radius 3 is 3.00 bits per heavy atom. The van der Waals surface area contributed by atoms with Crippen molar-refractivity contribution < 1.29 is 0 Å². The number of nitrogens with one attached hydrogen (secondary N) is 1. The third-order valence-corrected chi connectivity index (χ3v) is 2.47. The van der Waals surface area contributed by atoms with E-state index in [2.05, 4.69) is 30.6 Å². The van der Waals surface area contributed by atoms with Gasteiger partial charge < -0.3 is 5.32 Å². The van der Waals surface area contributed by atoms with E-state index in [1.54, 1.807) is 0 Å². The fraction of sp³-hybridized carbons (Fsp3) is 0.818. The molecule has 1 saturated heterocycles. The van der Waals surface area contributed by atoms with Gasteiger partial charge in [-0.3, -0.25) is 4.90 Å². The summed E-state index contributed by atoms with van der Waals surface area (Å²) in [4.78, 5) is 2.49. The van der Waals surface area contributed by atoms with Crippen LogP contribution >= 0.6 is 0 Å². The second kappa shape index (κ2) is 4.77. The summed E-state index contributed by atoms with van der Waals surface area (Å²) in [6.07, 6.45) is 3.26. The molecule has 0 radical (unpaired) electrons. The zero-order valence-corrected chi connectivity index (χ0v) is 8.97. The van der Waals surface area contributed by atoms with Crippen LogP contribution in [-0.4, -0.2) is 37.6 Å². The highest BCUT2D eigenvalue weighted by molar-refractivity contribution is 4.82. The molecule has 0 aromatic heterocycles. The maximum Gasteiger partial charge on any atom is 0.0160 e. The molecule has 1 heterocycles. The summed E-state index contributed by atoms with van der Waals surface area (Å²) >= 11 is 0. The minimum Gasteiger partial charge on any atom is -0.316 e. The molecule has 13 heavy (non-hydrogen) atoms. The lowest BCUT2D eigenvalue weighted by Crippen LogP contribution is -2.44. The first-order valence-corrected chi connectivity index (χ1v) is 5.18. The van der Waals surface area contributed by atoms with Gasteiger partial charge in [-0.1, -0.05) is 19.9 Å². The molecule has 0 aliphatic carbocycles. The second-order valence-corrected chi connectivity index (χ2v) is 4.72. The van der Waals surface area contributed by atoms with Gasteiger partial charge in [0.2, 0.25) is 0 Å². The standard InChI is InChI=1S/C11H22N2/c1-4-7-13-8-5-6-12-9-11(2,3)10-13/h4,12H,1,5-10H2,2-3H3. The van der Waals surface area contributed by atoms with Gasteiger partial charge in [0.15, 0.2) is 0 Å². The lowest BCUT2D eigenvalue weighted by Gasteiger charge is -2.34. The molecule has 0 unspecified atom stereocenters. The van der Waals surface area contributed by atoms with Crippen molar-refractivity contribution in [2.45, 2.75) is 20.3 Å². The van der Waals surface area contributed by atoms with Crippen molar-refractivity contribution >= 4 is 0 Å². The van der Waals surface area contributed by atoms with Crippen LogP contribution in [0, 0.1) is 5.41 Å². The van der Waals surface area contributed by atoms with Gasteiger partial charge in [-0.25, -0.2) is 0 Å². The quantitative estimate of drug-likeness (QED) is 0.651. The molecule has 0 aromatic rings. The first kappa shape index (κ1) is 10.7. The normalized spacial score (nSPS) is 24.8. The first-order chi connectivity index (χ1) is 6.14. The molecule has 2 nitrogen and oxygen atoms in total. The summed E-state index contributed by atoms with van der Waals surface area (Å²) in [5.41, 5.74) is 0.392. The Balaban J connectivity index is 2.47. The summed E-state index contributed by atoms with van der Waals surface area (Å²) in [5.74, 6) is 0. The molecule has 1 N–H and O–H groups in total. The van der Waals surface area contributed by atoms with Crippen LogP contribution in [-0.2, 0) is 0 Å². The van der Waals surface area contributed by atoms with Crippen molar-refractivity contribution in [3.05, 3.63) is 12.7 Å². The van der Waals surface area contributed by atoms with Crippen molar-refractivity contribution in [3.63, 3.8) is 0 Å². The summed E-state index contributed by atoms with van der Waals surface area (Å²) in [6, 6.07) is 0. The maximum atomic E-state index is 3.80. The van der Waals surface area contributed by atoms with Crippen LogP contribution in [0.4, 0.5) is 0 Å². The molecule has 0 atom stereocenters. The highest BCUT2D eigenvalue weighted by Gasteiger charge is 2.22. The molecule has 0 spiro atoms. The summed E-state index contributed by atoms with van der Waals surface area (Å²) in [6.45, 7) is 14.1. The van der Waals surface area contributed by atoms with E-state index in [1.165, 1.54) is 19.5 Å². The van der Waals surface area contributed by atoms with Crippen LogP contribution in [0.15, 0.2) is 12.7 Å². The van der Waals surface area contributed by atoms with Gasteiger partial charge in [-0.05, 0) is 24.9 Å². The van der Waals surface area contributed by atoms with Gasteiger partial charge in [0.1, 0.15) is 0 Å². The van der Waals surface area contributed by atoms with Gasteiger partial charge >= 0.3 is 0 Å². The van der Waals surface area contributed by atoms with Crippen LogP contribution in [0.25, 0.3) is 0 Å². The van der Waals surface area contributed by atoms with Gasteiger partial charge in [0.25, 0.3) is 0 Å². The fourth-order valence-electron chi connectivity index (χ4n) is 1.93. The molecular formula is C11H22N2. The Kier molecular flexibility index (Phi) is 3.94. The topological polar surface area (TPSA) is 15.3 Å². The highest BCUT2D eigenvalue weighted by atomic mass is 15.1. The monoisotopic (exact) mass is 182 g/mol. The Hall–Kier alpha value is -0.340. The molecule has 0 saturated carbocycles. The lowest BCUT2D eigenvalue weighted by atomic mass is 9.92. The van der Waals surface area contributed by atoms with E-state index < -0.39 is 0 Å². The Morgan fingerprint density at radius 1 is 1.54 bits per heavy atom. The molecule has 0 amide bonds. The first-order valence-electron chi connectivity index (χ1n) is 5.18. The molecule has 1 aliphatic heterocycles. The van der Waals surface area contributed by atoms with Crippen molar-refractivity contribution in [1.29, 1.82) is 0 Å². The van der Waals surface area contributed by atoms with Gasteiger partial charge in [0.05, 0.1) is 0 Å². The zero-order chi connectivity index (χ0) is 9.73. The van der Waals surface area contributed by atoms with E-state index >= 15 is 0 Å². The zero-order valence-electron chi connectivity index (χ0n) is 8.97. The van der Waals surface area contributed by atoms with Gasteiger partial charge in [-0.15, -0.1) is 6.58 Å². The van der Waals surface area contributed by atoms with Crippen molar-refractivity contribution in [1.82, 2.24) is 10.2 Å². The third kappa shape index (κ3) is 3.92. The Morgan fingerprint density at radius 2 is 2.31 bits per heavy atom. The Labute approximate surface area is 82.0 Å². The largest absolute Gasteiger partial charge is 0.316 e. The third-order valence-electron chi connectivity index (χ3n) is 2.47. The van der Waals surface area contributed by atoms with Crippen molar-refractivity contribution in [3.8, 4) is 0 Å². The van der Waals surface area contributed by atoms with Gasteiger partial charge in [0, 0.05) is 19.6 Å². The average molecular weight is 182 g/mol. The van der Waals surface area contributed by atoms with Crippen LogP contribution in [0.2, 0.25) is 0 Å². The average Bonchev–Trinajstić information content (AvgIpc) is 2.00. The lowest BCUT2D eigenvalue weighted by molar-refractivity contribution is 0.170. The van der Waals surface area contributed by atoms with Crippen LogP contribution in [0.1, 0.15) is 20.3 Å². The van der Waals surface area contributed by atoms with Crippen molar-refractivity contribution in [2.24, 2.45) is 5.41 Å². The van der Waals surface area contributed by atoms with Crippen LogP contribution in [0.5, 0.6) is 0 Å². The van der Waals surface area contributed by atoms with E-state index in [0.717, 1.165) is 19.6 Å². The fourth-order valence-corrected chi connectivity index (χ4v) is 1.93. The molecular weight excluding hydrogens is 160 g/mol. The molecule has 2 heteroatoms. The van der Waals surface area contributed by atoms with Gasteiger partial charge in [-0.2, -0.15) is 0 Å². The minimum atomic E-state index is 0.392. The highest BCUT2D eigenvalue weighted by Crippen LogP contribution is 2.17. The number of nitrogens with zero attached hydrogens (tertiary/aromatic N) is 1. The van der Waals surface area contributed by atoms with E-state index in [0.29, 0.717) is 5.41 Å². The van der Waals surface area contributed by atoms with E-state index in [-0.39, 0.29) is 0 Å². The molecule has 0 aromatic carbocycles. The molecule has 76 valence electrons. The van der Waals surface area contributed by atoms with E-state index in [4.69, 9.17) is 0 Å². The molecule has 0 bridgehead atoms. The summed E-state index contributed by atoms with van der Waals surface area (Å²) < 4.78 is 0. The van der Waals surface area contributed by atoms with E-state index in [9.17, 15) is 0 Å². The predicted octanol–water partition coefficient (Wildman–Crippen LogP) is 1.49. The number of rotatable bonds is 2. The SMILES string of the molecule is C=CCN1CCCNCC(C)(C)C1. The predicted molar refractivity (Wildman–Crippen MR) is 57.9 cm³/mol. The smallest absolute Gasteiger partial charge is 0.0160 e. The second-order valence-electron chi connectivity index (χ2n) is 4.72. The summed E-state index contributed by atoms with van der Waals surface area (Å²) in [7, 11) is 0. The Bertz CT molecular complexity index is 163. The van der Waals surface area contributed by atoms with Crippen LogP contribution < -0.4 is 5.32 Å². The van der Waals surface area contributed by atoms with E-state index in [1.807, 2.05) is 6.08 Å². The molecule has 1 rings (SSSR count). The summed E-state index contributed by atoms with van der Waals surface area (Å²) in [5, 5.41) is 3.49. The van der Waals surface area contributed by atoms with Crippen molar-refractivity contribution in [2.75, 3.05) is 32.7 Å². The number of hydrogen-bond acceptors (Lipinski definition) is 2. The molecule has 1 fully saturated rings. The molecule has 1 aliphatic rings. The number of hydrogen-bond donors (Lipinski definition) is 1. The maximum absolute atomic E-state index is 3.80. The minimum absolute atomic E-state index is 0.392.